The molecule has 0 bridgehead atoms. The lowest BCUT2D eigenvalue weighted by Gasteiger charge is -2.28. The zero-order valence-corrected chi connectivity index (χ0v) is 18.0. The van der Waals surface area contributed by atoms with Gasteiger partial charge in [-0.05, 0) is 64.9 Å². The van der Waals surface area contributed by atoms with E-state index in [4.69, 9.17) is 0 Å². The highest BCUT2D eigenvalue weighted by Gasteiger charge is 2.19. The Kier molecular flexibility index (Phi) is 5.72. The van der Waals surface area contributed by atoms with Gasteiger partial charge < -0.3 is 4.90 Å². The van der Waals surface area contributed by atoms with Crippen molar-refractivity contribution in [3.8, 4) is 11.1 Å². The maximum Gasteiger partial charge on any atom is 0.0462 e. The largest absolute Gasteiger partial charge is 0.311 e. The summed E-state index contributed by atoms with van der Waals surface area (Å²) in [4.78, 5) is 2.32. The summed E-state index contributed by atoms with van der Waals surface area (Å²) in [5.74, 6) is 0. The highest BCUT2D eigenvalue weighted by molar-refractivity contribution is 5.78. The molecule has 0 spiro atoms. The zero-order valence-electron chi connectivity index (χ0n) is 18.0. The zero-order chi connectivity index (χ0) is 21.0. The Morgan fingerprint density at radius 3 is 1.50 bits per heavy atom. The summed E-state index contributed by atoms with van der Waals surface area (Å²) in [5, 5.41) is 0. The molecule has 4 rings (SSSR count). The summed E-state index contributed by atoms with van der Waals surface area (Å²) in [7, 11) is 0. The lowest BCUT2D eigenvalue weighted by molar-refractivity contribution is 0.506. The minimum atomic E-state index is 0.188. The van der Waals surface area contributed by atoms with Gasteiger partial charge in [0.25, 0.3) is 0 Å². The average molecular weight is 392 g/mol. The van der Waals surface area contributed by atoms with Gasteiger partial charge in [0.2, 0.25) is 0 Å². The van der Waals surface area contributed by atoms with E-state index in [0.29, 0.717) is 0 Å². The second kappa shape index (κ2) is 8.59. The molecule has 0 heterocycles. The van der Waals surface area contributed by atoms with Crippen LogP contribution in [0, 0.1) is 0 Å². The quantitative estimate of drug-likeness (QED) is 0.318. The van der Waals surface area contributed by atoms with E-state index in [1.807, 2.05) is 0 Å². The van der Waals surface area contributed by atoms with Crippen molar-refractivity contribution in [1.29, 1.82) is 0 Å². The monoisotopic (exact) mass is 391 g/mol. The van der Waals surface area contributed by atoms with Gasteiger partial charge in [-0.3, -0.25) is 0 Å². The summed E-state index contributed by atoms with van der Waals surface area (Å²) in [5.41, 5.74) is 7.52. The highest BCUT2D eigenvalue weighted by atomic mass is 15.1. The molecule has 1 nitrogen and oxygen atoms in total. The fraction of sp³-hybridized carbons (Fsp3) is 0.172. The maximum absolute atomic E-state index is 2.32. The minimum Gasteiger partial charge on any atom is -0.311 e. The Labute approximate surface area is 180 Å². The Balaban J connectivity index is 1.73. The van der Waals surface area contributed by atoms with Crippen LogP contribution in [0.2, 0.25) is 0 Å². The van der Waals surface area contributed by atoms with Crippen LogP contribution in [0.5, 0.6) is 0 Å². The molecular formula is C29H29N. The van der Waals surface area contributed by atoms with Crippen molar-refractivity contribution < 1.29 is 0 Å². The van der Waals surface area contributed by atoms with E-state index in [-0.39, 0.29) is 5.41 Å². The number of hydrogen-bond donors (Lipinski definition) is 0. The van der Waals surface area contributed by atoms with Gasteiger partial charge in [-0.1, -0.05) is 93.6 Å². The van der Waals surface area contributed by atoms with Crippen molar-refractivity contribution in [2.24, 2.45) is 0 Å². The van der Waals surface area contributed by atoms with Crippen LogP contribution in [0.4, 0.5) is 17.1 Å². The fourth-order valence-electron chi connectivity index (χ4n) is 3.72. The van der Waals surface area contributed by atoms with Gasteiger partial charge in [-0.15, -0.1) is 0 Å². The lowest BCUT2D eigenvalue weighted by atomic mass is 9.82. The maximum atomic E-state index is 2.32. The molecule has 0 aliphatic rings. The number of nitrogens with zero attached hydrogens (tertiary/aromatic N) is 1. The third-order valence-electron chi connectivity index (χ3n) is 6.04. The molecule has 0 N–H and O–H groups in total. The van der Waals surface area contributed by atoms with Gasteiger partial charge in [-0.25, -0.2) is 0 Å². The molecule has 30 heavy (non-hydrogen) atoms. The third-order valence-corrected chi connectivity index (χ3v) is 6.04. The lowest BCUT2D eigenvalue weighted by Crippen LogP contribution is -2.16. The van der Waals surface area contributed by atoms with Crippen LogP contribution in [-0.4, -0.2) is 0 Å². The van der Waals surface area contributed by atoms with Gasteiger partial charge in [0.05, 0.1) is 0 Å². The third kappa shape index (κ3) is 4.16. The van der Waals surface area contributed by atoms with Crippen molar-refractivity contribution in [2.45, 2.75) is 32.6 Å². The first-order valence-corrected chi connectivity index (χ1v) is 10.7. The molecule has 4 aromatic rings. The van der Waals surface area contributed by atoms with Crippen LogP contribution in [0.1, 0.15) is 32.8 Å². The normalized spacial score (nSPS) is 11.3. The van der Waals surface area contributed by atoms with Crippen LogP contribution in [0.15, 0.2) is 109 Å². The highest BCUT2D eigenvalue weighted by Crippen LogP contribution is 2.37. The molecule has 0 atom stereocenters. The van der Waals surface area contributed by atoms with Gasteiger partial charge >= 0.3 is 0 Å². The van der Waals surface area contributed by atoms with Crippen LogP contribution in [-0.2, 0) is 5.41 Å². The van der Waals surface area contributed by atoms with E-state index in [0.717, 1.165) is 17.8 Å². The van der Waals surface area contributed by atoms with E-state index in [1.54, 1.807) is 0 Å². The number of benzene rings is 4. The van der Waals surface area contributed by atoms with Crippen molar-refractivity contribution in [2.75, 3.05) is 4.90 Å². The molecule has 0 fully saturated rings. The predicted octanol–water partition coefficient (Wildman–Crippen LogP) is 8.51. The standard InChI is InChI=1S/C29H29N/c1-4-29(2,3)25-17-21-28(22-18-25)30(26-13-9-6-10-14-26)27-19-15-24(16-20-27)23-11-7-5-8-12-23/h5-22H,4H2,1-3H3. The molecule has 0 unspecified atom stereocenters. The predicted molar refractivity (Wildman–Crippen MR) is 130 cm³/mol. The Hall–Kier alpha value is -3.32. The summed E-state index contributed by atoms with van der Waals surface area (Å²) in [6.07, 6.45) is 1.12. The van der Waals surface area contributed by atoms with Crippen molar-refractivity contribution in [3.63, 3.8) is 0 Å². The van der Waals surface area contributed by atoms with E-state index >= 15 is 0 Å². The Morgan fingerprint density at radius 2 is 0.967 bits per heavy atom. The molecule has 0 saturated heterocycles. The van der Waals surface area contributed by atoms with Crippen molar-refractivity contribution >= 4 is 17.1 Å². The second-order valence-electron chi connectivity index (χ2n) is 8.37. The number of para-hydroxylation sites is 1. The summed E-state index contributed by atoms with van der Waals surface area (Å²) in [6, 6.07) is 38.9. The van der Waals surface area contributed by atoms with Gasteiger partial charge in [0, 0.05) is 17.1 Å². The second-order valence-corrected chi connectivity index (χ2v) is 8.37. The molecule has 1 heteroatoms. The first-order chi connectivity index (χ1) is 14.6. The fourth-order valence-corrected chi connectivity index (χ4v) is 3.72. The number of rotatable bonds is 6. The Bertz CT molecular complexity index is 1060. The topological polar surface area (TPSA) is 3.24 Å². The molecule has 0 amide bonds. The number of anilines is 3. The SMILES string of the molecule is CCC(C)(C)c1ccc(N(c2ccccc2)c2ccc(-c3ccccc3)cc2)cc1. The molecule has 0 aliphatic heterocycles. The minimum absolute atomic E-state index is 0.188. The average Bonchev–Trinajstić information content (AvgIpc) is 2.81. The summed E-state index contributed by atoms with van der Waals surface area (Å²) in [6.45, 7) is 6.86. The smallest absolute Gasteiger partial charge is 0.0462 e. The van der Waals surface area contributed by atoms with Crippen LogP contribution in [0.25, 0.3) is 11.1 Å². The molecule has 150 valence electrons. The first kappa shape index (κ1) is 20.0. The van der Waals surface area contributed by atoms with E-state index in [2.05, 4.69) is 135 Å². The molecule has 0 aromatic heterocycles. The number of hydrogen-bond acceptors (Lipinski definition) is 1. The van der Waals surface area contributed by atoms with Crippen LogP contribution < -0.4 is 4.90 Å². The van der Waals surface area contributed by atoms with E-state index in [1.165, 1.54) is 22.4 Å². The molecule has 0 saturated carbocycles. The van der Waals surface area contributed by atoms with E-state index in [9.17, 15) is 0 Å². The van der Waals surface area contributed by atoms with Crippen LogP contribution >= 0.6 is 0 Å². The molecule has 0 aliphatic carbocycles. The van der Waals surface area contributed by atoms with Gasteiger partial charge in [0.15, 0.2) is 0 Å². The van der Waals surface area contributed by atoms with E-state index < -0.39 is 0 Å². The summed E-state index contributed by atoms with van der Waals surface area (Å²) < 4.78 is 0. The summed E-state index contributed by atoms with van der Waals surface area (Å²) >= 11 is 0. The first-order valence-electron chi connectivity index (χ1n) is 10.7. The Morgan fingerprint density at radius 1 is 0.533 bits per heavy atom. The molecular weight excluding hydrogens is 362 g/mol. The van der Waals surface area contributed by atoms with Gasteiger partial charge in [0.1, 0.15) is 0 Å². The van der Waals surface area contributed by atoms with Crippen molar-refractivity contribution in [1.82, 2.24) is 0 Å². The molecule has 0 radical (unpaired) electrons. The molecule has 4 aromatic carbocycles. The van der Waals surface area contributed by atoms with Crippen LogP contribution in [0.3, 0.4) is 0 Å². The van der Waals surface area contributed by atoms with Crippen molar-refractivity contribution in [3.05, 3.63) is 115 Å². The van der Waals surface area contributed by atoms with Gasteiger partial charge in [-0.2, -0.15) is 0 Å².